The predicted molar refractivity (Wildman–Crippen MR) is 69.6 cm³/mol. The lowest BCUT2D eigenvalue weighted by Crippen LogP contribution is -2.19. The standard InChI is InChI=1S/C13H13BrO5/c14-9-5-7(6-10-12(9)19-4-3-17-10)11-8(13(15)16)1-2-18-11/h5-6,8,11H,1-4H2,(H,15,16). The summed E-state index contributed by atoms with van der Waals surface area (Å²) in [5.41, 5.74) is 0.807. The van der Waals surface area contributed by atoms with Crippen molar-refractivity contribution in [3.8, 4) is 11.5 Å². The normalized spacial score (nSPS) is 25.3. The molecule has 0 amide bonds. The zero-order chi connectivity index (χ0) is 13.4. The van der Waals surface area contributed by atoms with Crippen molar-refractivity contribution in [2.24, 2.45) is 5.92 Å². The fourth-order valence-corrected chi connectivity index (χ4v) is 3.04. The van der Waals surface area contributed by atoms with Crippen molar-refractivity contribution in [3.05, 3.63) is 22.2 Å². The third-order valence-corrected chi connectivity index (χ3v) is 3.95. The summed E-state index contributed by atoms with van der Waals surface area (Å²) in [7, 11) is 0. The van der Waals surface area contributed by atoms with Gasteiger partial charge < -0.3 is 19.3 Å². The Bertz CT molecular complexity index is 516. The van der Waals surface area contributed by atoms with E-state index in [9.17, 15) is 9.90 Å². The van der Waals surface area contributed by atoms with Gasteiger partial charge in [0.25, 0.3) is 0 Å². The molecule has 0 saturated carbocycles. The molecule has 6 heteroatoms. The van der Waals surface area contributed by atoms with Gasteiger partial charge in [0.05, 0.1) is 16.5 Å². The van der Waals surface area contributed by atoms with Crippen molar-refractivity contribution in [2.75, 3.05) is 19.8 Å². The highest BCUT2D eigenvalue weighted by Gasteiger charge is 2.36. The van der Waals surface area contributed by atoms with Crippen LogP contribution in [0.15, 0.2) is 16.6 Å². The fraction of sp³-hybridized carbons (Fsp3) is 0.462. The largest absolute Gasteiger partial charge is 0.486 e. The number of ether oxygens (including phenoxy) is 3. The average Bonchev–Trinajstić information content (AvgIpc) is 2.88. The maximum absolute atomic E-state index is 11.2. The van der Waals surface area contributed by atoms with Gasteiger partial charge in [-0.2, -0.15) is 0 Å². The van der Waals surface area contributed by atoms with Crippen LogP contribution < -0.4 is 9.47 Å². The summed E-state index contributed by atoms with van der Waals surface area (Å²) < 4.78 is 17.4. The van der Waals surface area contributed by atoms with Crippen LogP contribution in [0.5, 0.6) is 11.5 Å². The van der Waals surface area contributed by atoms with Gasteiger partial charge in [0.15, 0.2) is 11.5 Å². The van der Waals surface area contributed by atoms with Crippen molar-refractivity contribution in [1.82, 2.24) is 0 Å². The number of fused-ring (bicyclic) bond motifs is 1. The van der Waals surface area contributed by atoms with Gasteiger partial charge in [0, 0.05) is 6.61 Å². The zero-order valence-electron chi connectivity index (χ0n) is 10.1. The van der Waals surface area contributed by atoms with E-state index < -0.39 is 18.0 Å². The van der Waals surface area contributed by atoms with Crippen LogP contribution in [0.2, 0.25) is 0 Å². The van der Waals surface area contributed by atoms with E-state index in [2.05, 4.69) is 15.9 Å². The van der Waals surface area contributed by atoms with Gasteiger partial charge in [0.2, 0.25) is 0 Å². The molecule has 0 bridgehead atoms. The van der Waals surface area contributed by atoms with Crippen LogP contribution in [-0.2, 0) is 9.53 Å². The number of carboxylic acids is 1. The van der Waals surface area contributed by atoms with E-state index in [-0.39, 0.29) is 0 Å². The van der Waals surface area contributed by atoms with Gasteiger partial charge in [-0.3, -0.25) is 4.79 Å². The molecule has 0 aromatic heterocycles. The Morgan fingerprint density at radius 3 is 2.84 bits per heavy atom. The second-order valence-corrected chi connectivity index (χ2v) is 5.41. The van der Waals surface area contributed by atoms with Gasteiger partial charge >= 0.3 is 5.97 Å². The van der Waals surface area contributed by atoms with Crippen molar-refractivity contribution < 1.29 is 24.1 Å². The van der Waals surface area contributed by atoms with Crippen LogP contribution in [0.3, 0.4) is 0 Å². The van der Waals surface area contributed by atoms with E-state index in [0.717, 1.165) is 10.0 Å². The minimum absolute atomic E-state index is 0.426. The molecule has 2 aliphatic rings. The van der Waals surface area contributed by atoms with E-state index in [1.165, 1.54) is 0 Å². The minimum atomic E-state index is -0.825. The summed E-state index contributed by atoms with van der Waals surface area (Å²) >= 11 is 3.43. The molecule has 3 rings (SSSR count). The second kappa shape index (κ2) is 5.02. The molecule has 1 N–H and O–H groups in total. The Hall–Kier alpha value is -1.27. The Morgan fingerprint density at radius 1 is 1.26 bits per heavy atom. The third kappa shape index (κ3) is 2.30. The van der Waals surface area contributed by atoms with Gasteiger partial charge in [0.1, 0.15) is 13.2 Å². The number of rotatable bonds is 2. The Balaban J connectivity index is 1.97. The van der Waals surface area contributed by atoms with Crippen LogP contribution in [0.1, 0.15) is 18.1 Å². The predicted octanol–water partition coefficient (Wildman–Crippen LogP) is 2.38. The number of aliphatic carboxylic acids is 1. The lowest BCUT2D eigenvalue weighted by atomic mass is 9.95. The molecule has 5 nitrogen and oxygen atoms in total. The highest BCUT2D eigenvalue weighted by Crippen LogP contribution is 2.43. The summed E-state index contributed by atoms with van der Waals surface area (Å²) in [6.07, 6.45) is 0.108. The van der Waals surface area contributed by atoms with Crippen LogP contribution in [-0.4, -0.2) is 30.9 Å². The minimum Gasteiger partial charge on any atom is -0.486 e. The van der Waals surface area contributed by atoms with Crippen molar-refractivity contribution in [3.63, 3.8) is 0 Å². The quantitative estimate of drug-likeness (QED) is 0.902. The first kappa shape index (κ1) is 12.7. The Labute approximate surface area is 118 Å². The molecule has 0 spiro atoms. The first-order chi connectivity index (χ1) is 9.16. The smallest absolute Gasteiger partial charge is 0.309 e. The number of carbonyl (C=O) groups is 1. The van der Waals surface area contributed by atoms with Crippen molar-refractivity contribution in [2.45, 2.75) is 12.5 Å². The molecule has 1 aromatic rings. The number of hydrogen-bond acceptors (Lipinski definition) is 4. The molecule has 1 aromatic carbocycles. The molecule has 2 heterocycles. The lowest BCUT2D eigenvalue weighted by Gasteiger charge is -2.22. The summed E-state index contributed by atoms with van der Waals surface area (Å²) in [5, 5.41) is 9.21. The van der Waals surface area contributed by atoms with E-state index in [1.54, 1.807) is 0 Å². The summed E-state index contributed by atoms with van der Waals surface area (Å²) in [6.45, 7) is 1.48. The van der Waals surface area contributed by atoms with Crippen LogP contribution in [0.25, 0.3) is 0 Å². The van der Waals surface area contributed by atoms with Crippen LogP contribution >= 0.6 is 15.9 Å². The first-order valence-corrected chi connectivity index (χ1v) is 6.89. The molecule has 102 valence electrons. The number of hydrogen-bond donors (Lipinski definition) is 1. The molecule has 1 fully saturated rings. The monoisotopic (exact) mass is 328 g/mol. The van der Waals surface area contributed by atoms with Gasteiger partial charge in [-0.1, -0.05) is 0 Å². The van der Waals surface area contributed by atoms with Crippen LogP contribution in [0.4, 0.5) is 0 Å². The molecule has 0 aliphatic carbocycles. The Morgan fingerprint density at radius 2 is 2.05 bits per heavy atom. The van der Waals surface area contributed by atoms with Crippen molar-refractivity contribution in [1.29, 1.82) is 0 Å². The molecular weight excluding hydrogens is 316 g/mol. The maximum Gasteiger partial charge on any atom is 0.309 e. The van der Waals surface area contributed by atoms with Crippen molar-refractivity contribution >= 4 is 21.9 Å². The molecule has 19 heavy (non-hydrogen) atoms. The van der Waals surface area contributed by atoms with E-state index in [1.807, 2.05) is 12.1 Å². The number of carboxylic acid groups (broad SMARTS) is 1. The van der Waals surface area contributed by atoms with Gasteiger partial charge in [-0.05, 0) is 40.0 Å². The Kier molecular flexibility index (Phi) is 3.36. The summed E-state index contributed by atoms with van der Waals surface area (Å²) in [4.78, 5) is 11.2. The fourth-order valence-electron chi connectivity index (χ4n) is 2.47. The van der Waals surface area contributed by atoms with Gasteiger partial charge in [-0.25, -0.2) is 0 Å². The lowest BCUT2D eigenvalue weighted by molar-refractivity contribution is -0.143. The van der Waals surface area contributed by atoms with E-state index in [0.29, 0.717) is 37.7 Å². The highest BCUT2D eigenvalue weighted by molar-refractivity contribution is 9.10. The highest BCUT2D eigenvalue weighted by atomic mass is 79.9. The maximum atomic E-state index is 11.2. The number of benzene rings is 1. The summed E-state index contributed by atoms with van der Waals surface area (Å²) in [5.74, 6) is -0.0295. The molecule has 2 unspecified atom stereocenters. The topological polar surface area (TPSA) is 65.0 Å². The molecule has 0 radical (unpaired) electrons. The summed E-state index contributed by atoms with van der Waals surface area (Å²) in [6, 6.07) is 3.66. The molecular formula is C13H13BrO5. The average molecular weight is 329 g/mol. The molecule has 1 saturated heterocycles. The SMILES string of the molecule is O=C(O)C1CCOC1c1cc(Br)c2c(c1)OCCO2. The third-order valence-electron chi connectivity index (χ3n) is 3.36. The van der Waals surface area contributed by atoms with E-state index >= 15 is 0 Å². The zero-order valence-corrected chi connectivity index (χ0v) is 11.7. The van der Waals surface area contributed by atoms with Gasteiger partial charge in [-0.15, -0.1) is 0 Å². The molecule has 2 atom stereocenters. The first-order valence-electron chi connectivity index (χ1n) is 6.10. The number of halogens is 1. The van der Waals surface area contributed by atoms with Crippen LogP contribution in [0, 0.1) is 5.92 Å². The molecule has 2 aliphatic heterocycles. The van der Waals surface area contributed by atoms with E-state index in [4.69, 9.17) is 14.2 Å². The second-order valence-electron chi connectivity index (χ2n) is 4.55.